The van der Waals surface area contributed by atoms with Crippen LogP contribution in [0, 0.1) is 0 Å². The van der Waals surface area contributed by atoms with Gasteiger partial charge in [-0.1, -0.05) is 25.1 Å². The summed E-state index contributed by atoms with van der Waals surface area (Å²) in [7, 11) is 0. The minimum absolute atomic E-state index is 0.822. The zero-order valence-corrected chi connectivity index (χ0v) is 12.7. The highest BCUT2D eigenvalue weighted by Gasteiger charge is 2.17. The van der Waals surface area contributed by atoms with Crippen LogP contribution in [0.5, 0.6) is 0 Å². The highest BCUT2D eigenvalue weighted by molar-refractivity contribution is 5.82. The molecule has 0 amide bonds. The normalized spacial score (nSPS) is 17.2. The highest BCUT2D eigenvalue weighted by Crippen LogP contribution is 2.27. The predicted octanol–water partition coefficient (Wildman–Crippen LogP) is 2.76. The maximum absolute atomic E-state index is 6.12. The number of benzene rings is 1. The Bertz CT molecular complexity index is 571. The third-order valence-corrected chi connectivity index (χ3v) is 4.02. The second kappa shape index (κ2) is 7.07. The van der Waals surface area contributed by atoms with E-state index in [1.807, 2.05) is 6.07 Å². The van der Waals surface area contributed by atoms with Gasteiger partial charge in [-0.25, -0.2) is 0 Å². The molecule has 0 atom stereocenters. The number of rotatable bonds is 5. The molecule has 114 valence electrons. The van der Waals surface area contributed by atoms with E-state index < -0.39 is 0 Å². The van der Waals surface area contributed by atoms with Gasteiger partial charge < -0.3 is 14.5 Å². The Labute approximate surface area is 126 Å². The molecule has 2 aromatic rings. The fraction of sp³-hybridized carbons (Fsp3) is 0.529. The minimum atomic E-state index is 0.822. The molecule has 0 bridgehead atoms. The quantitative estimate of drug-likeness (QED) is 0.918. The fourth-order valence-corrected chi connectivity index (χ4v) is 2.88. The number of hydrogen-bond donors (Lipinski definition) is 1. The summed E-state index contributed by atoms with van der Waals surface area (Å²) in [6, 6.07) is 8.32. The van der Waals surface area contributed by atoms with Crippen molar-refractivity contribution >= 4 is 11.0 Å². The molecule has 3 rings (SSSR count). The summed E-state index contributed by atoms with van der Waals surface area (Å²) in [4.78, 5) is 2.43. The molecular weight excluding hydrogens is 264 g/mol. The molecule has 1 saturated heterocycles. The third-order valence-electron chi connectivity index (χ3n) is 4.02. The summed E-state index contributed by atoms with van der Waals surface area (Å²) < 4.78 is 11.6. The van der Waals surface area contributed by atoms with Crippen LogP contribution in [-0.2, 0) is 17.8 Å². The number of para-hydroxylation sites is 1. The van der Waals surface area contributed by atoms with Crippen molar-refractivity contribution in [2.24, 2.45) is 0 Å². The molecule has 1 fully saturated rings. The summed E-state index contributed by atoms with van der Waals surface area (Å²) in [6.07, 6.45) is 1.10. The minimum Gasteiger partial charge on any atom is -0.459 e. The van der Waals surface area contributed by atoms with E-state index in [9.17, 15) is 0 Å². The summed E-state index contributed by atoms with van der Waals surface area (Å²) >= 11 is 0. The molecule has 1 aromatic heterocycles. The zero-order chi connectivity index (χ0) is 14.5. The third kappa shape index (κ3) is 3.46. The van der Waals surface area contributed by atoms with E-state index >= 15 is 0 Å². The first-order valence-electron chi connectivity index (χ1n) is 7.88. The van der Waals surface area contributed by atoms with Gasteiger partial charge in [0.2, 0.25) is 0 Å². The number of nitrogens with one attached hydrogen (secondary N) is 1. The van der Waals surface area contributed by atoms with Gasteiger partial charge in [0.1, 0.15) is 11.3 Å². The van der Waals surface area contributed by atoms with Gasteiger partial charge in [0.05, 0.1) is 13.2 Å². The lowest BCUT2D eigenvalue weighted by Gasteiger charge is -2.18. The summed E-state index contributed by atoms with van der Waals surface area (Å²) in [5.74, 6) is 1.10. The molecular formula is C17H24N2O2. The van der Waals surface area contributed by atoms with Crippen molar-refractivity contribution < 1.29 is 9.15 Å². The Kier molecular flexibility index (Phi) is 4.91. The summed E-state index contributed by atoms with van der Waals surface area (Å²) in [5.41, 5.74) is 2.30. The van der Waals surface area contributed by atoms with Gasteiger partial charge in [-0.3, -0.25) is 4.90 Å². The molecule has 21 heavy (non-hydrogen) atoms. The van der Waals surface area contributed by atoms with Crippen LogP contribution in [0.4, 0.5) is 0 Å². The van der Waals surface area contributed by atoms with Crippen molar-refractivity contribution in [2.45, 2.75) is 26.4 Å². The van der Waals surface area contributed by atoms with Crippen LogP contribution in [-0.4, -0.2) is 37.7 Å². The summed E-state index contributed by atoms with van der Waals surface area (Å²) in [6.45, 7) is 8.61. The fourth-order valence-electron chi connectivity index (χ4n) is 2.88. The maximum atomic E-state index is 6.12. The molecule has 2 heterocycles. The Hall–Kier alpha value is -1.36. The molecule has 1 N–H and O–H groups in total. The van der Waals surface area contributed by atoms with Crippen molar-refractivity contribution in [1.29, 1.82) is 0 Å². The molecule has 1 aliphatic heterocycles. The van der Waals surface area contributed by atoms with Crippen molar-refractivity contribution in [1.82, 2.24) is 10.2 Å². The first-order chi connectivity index (χ1) is 10.4. The van der Waals surface area contributed by atoms with Crippen molar-refractivity contribution in [3.63, 3.8) is 0 Å². The highest BCUT2D eigenvalue weighted by atomic mass is 16.5. The lowest BCUT2D eigenvalue weighted by Crippen LogP contribution is -2.26. The standard InChI is InChI=1S/C17H24N2O2/c1-2-18-12-15-14-6-3-4-7-16(14)21-17(15)13-19-8-5-10-20-11-9-19/h3-4,6-7,18H,2,5,8-13H2,1H3. The van der Waals surface area contributed by atoms with E-state index in [1.165, 1.54) is 10.9 Å². The maximum Gasteiger partial charge on any atom is 0.134 e. The molecule has 0 unspecified atom stereocenters. The molecule has 1 aliphatic rings. The summed E-state index contributed by atoms with van der Waals surface area (Å²) in [5, 5.41) is 4.67. The van der Waals surface area contributed by atoms with E-state index in [-0.39, 0.29) is 0 Å². The van der Waals surface area contributed by atoms with Gasteiger partial charge in [0.15, 0.2) is 0 Å². The topological polar surface area (TPSA) is 37.6 Å². The van der Waals surface area contributed by atoms with Crippen molar-refractivity contribution in [2.75, 3.05) is 32.8 Å². The lowest BCUT2D eigenvalue weighted by atomic mass is 10.1. The number of ether oxygens (including phenoxy) is 1. The largest absolute Gasteiger partial charge is 0.459 e. The van der Waals surface area contributed by atoms with Crippen LogP contribution in [0.1, 0.15) is 24.7 Å². The van der Waals surface area contributed by atoms with Crippen molar-refractivity contribution in [3.8, 4) is 0 Å². The number of fused-ring (bicyclic) bond motifs is 1. The number of hydrogen-bond acceptors (Lipinski definition) is 4. The SMILES string of the molecule is CCNCc1c(CN2CCCOCC2)oc2ccccc12. The molecule has 0 saturated carbocycles. The molecule has 0 spiro atoms. The molecule has 0 aliphatic carbocycles. The van der Waals surface area contributed by atoms with Gasteiger partial charge in [-0.2, -0.15) is 0 Å². The monoisotopic (exact) mass is 288 g/mol. The smallest absolute Gasteiger partial charge is 0.134 e. The van der Waals surface area contributed by atoms with Gasteiger partial charge in [-0.05, 0) is 19.0 Å². The lowest BCUT2D eigenvalue weighted by molar-refractivity contribution is 0.139. The van der Waals surface area contributed by atoms with E-state index in [0.29, 0.717) is 0 Å². The van der Waals surface area contributed by atoms with Gasteiger partial charge in [-0.15, -0.1) is 0 Å². The van der Waals surface area contributed by atoms with E-state index in [0.717, 1.165) is 63.7 Å². The second-order valence-electron chi connectivity index (χ2n) is 5.52. The molecule has 1 aromatic carbocycles. The predicted molar refractivity (Wildman–Crippen MR) is 84.3 cm³/mol. The molecule has 4 heteroatoms. The van der Waals surface area contributed by atoms with Crippen LogP contribution in [0.25, 0.3) is 11.0 Å². The van der Waals surface area contributed by atoms with Gasteiger partial charge in [0, 0.05) is 37.2 Å². The van der Waals surface area contributed by atoms with Gasteiger partial charge >= 0.3 is 0 Å². The van der Waals surface area contributed by atoms with E-state index in [2.05, 4.69) is 35.3 Å². The van der Waals surface area contributed by atoms with Crippen LogP contribution >= 0.6 is 0 Å². The van der Waals surface area contributed by atoms with Crippen LogP contribution in [0.2, 0.25) is 0 Å². The first kappa shape index (κ1) is 14.6. The van der Waals surface area contributed by atoms with E-state index in [4.69, 9.17) is 9.15 Å². The van der Waals surface area contributed by atoms with Crippen LogP contribution in [0.3, 0.4) is 0 Å². The van der Waals surface area contributed by atoms with Gasteiger partial charge in [0.25, 0.3) is 0 Å². The first-order valence-corrected chi connectivity index (χ1v) is 7.88. The zero-order valence-electron chi connectivity index (χ0n) is 12.7. The Morgan fingerprint density at radius 3 is 3.00 bits per heavy atom. The number of furan rings is 1. The Morgan fingerprint density at radius 1 is 1.19 bits per heavy atom. The number of nitrogens with zero attached hydrogens (tertiary/aromatic N) is 1. The second-order valence-corrected chi connectivity index (χ2v) is 5.52. The Balaban J connectivity index is 1.85. The van der Waals surface area contributed by atoms with Crippen LogP contribution < -0.4 is 5.32 Å². The van der Waals surface area contributed by atoms with Crippen molar-refractivity contribution in [3.05, 3.63) is 35.6 Å². The molecule has 4 nitrogen and oxygen atoms in total. The Morgan fingerprint density at radius 2 is 2.10 bits per heavy atom. The van der Waals surface area contributed by atoms with E-state index in [1.54, 1.807) is 0 Å². The molecule has 0 radical (unpaired) electrons. The van der Waals surface area contributed by atoms with Crippen LogP contribution in [0.15, 0.2) is 28.7 Å². The average molecular weight is 288 g/mol. The average Bonchev–Trinajstić information content (AvgIpc) is 2.67.